The van der Waals surface area contributed by atoms with Crippen molar-refractivity contribution in [2.45, 2.75) is 39.2 Å². The Bertz CT molecular complexity index is 1340. The lowest BCUT2D eigenvalue weighted by Gasteiger charge is -2.15. The number of aromatic amines is 2. The predicted molar refractivity (Wildman–Crippen MR) is 136 cm³/mol. The van der Waals surface area contributed by atoms with Crippen LogP contribution in [0.3, 0.4) is 0 Å². The molecule has 4 heterocycles. The number of nitrogens with one attached hydrogen (secondary N) is 4. The first-order chi connectivity index (χ1) is 16.7. The van der Waals surface area contributed by atoms with Gasteiger partial charge in [-0.3, -0.25) is 4.79 Å². The first-order valence-corrected chi connectivity index (χ1v) is 11.6. The monoisotopic (exact) mass is 496 g/mol. The third-order valence-electron chi connectivity index (χ3n) is 5.33. The zero-order valence-corrected chi connectivity index (χ0v) is 21.1. The van der Waals surface area contributed by atoms with E-state index in [9.17, 15) is 4.79 Å². The first kappa shape index (κ1) is 24.6. The number of nitrogens with zero attached hydrogens (tertiary/aromatic N) is 4. The number of aromatic nitrogens is 6. The van der Waals surface area contributed by atoms with Gasteiger partial charge in [0.2, 0.25) is 11.9 Å². The summed E-state index contributed by atoms with van der Waals surface area (Å²) >= 11 is 6.34. The van der Waals surface area contributed by atoms with Crippen molar-refractivity contribution >= 4 is 34.5 Å². The van der Waals surface area contributed by atoms with Crippen LogP contribution in [0, 0.1) is 0 Å². The number of hydrogen-bond donors (Lipinski definition) is 4. The highest BCUT2D eigenvalue weighted by Crippen LogP contribution is 2.34. The minimum Gasteiger partial charge on any atom is -0.375 e. The minimum absolute atomic E-state index is 0.0175. The largest absolute Gasteiger partial charge is 0.375 e. The van der Waals surface area contributed by atoms with E-state index in [1.165, 1.54) is 7.11 Å². The summed E-state index contributed by atoms with van der Waals surface area (Å²) in [7, 11) is 1.48. The Morgan fingerprint density at radius 1 is 1.26 bits per heavy atom. The summed E-state index contributed by atoms with van der Waals surface area (Å²) in [6.45, 7) is 8.64. The van der Waals surface area contributed by atoms with Gasteiger partial charge in [-0.15, -0.1) is 0 Å². The minimum atomic E-state index is -0.208. The van der Waals surface area contributed by atoms with Crippen LogP contribution in [0.5, 0.6) is 0 Å². The zero-order chi connectivity index (χ0) is 25.2. The number of pyridine rings is 1. The van der Waals surface area contributed by atoms with Crippen molar-refractivity contribution in [2.75, 3.05) is 25.6 Å². The molecule has 35 heavy (non-hydrogen) atoms. The number of amides is 1. The quantitative estimate of drug-likeness (QED) is 0.290. The maximum Gasteiger partial charge on any atom is 0.246 e. The van der Waals surface area contributed by atoms with Gasteiger partial charge in [0, 0.05) is 54.7 Å². The average molecular weight is 497 g/mol. The van der Waals surface area contributed by atoms with Gasteiger partial charge in [-0.1, -0.05) is 32.4 Å². The normalized spacial score (nSPS) is 12.6. The first-order valence-electron chi connectivity index (χ1n) is 11.2. The molecule has 4 aromatic heterocycles. The zero-order valence-electron chi connectivity index (χ0n) is 20.4. The van der Waals surface area contributed by atoms with Crippen LogP contribution in [0.25, 0.3) is 33.7 Å². The second-order valence-corrected chi connectivity index (χ2v) is 9.77. The van der Waals surface area contributed by atoms with E-state index in [0.29, 0.717) is 28.9 Å². The molecule has 0 radical (unpaired) electrons. The molecule has 4 N–H and O–H groups in total. The van der Waals surface area contributed by atoms with Crippen LogP contribution in [-0.2, 0) is 14.9 Å². The van der Waals surface area contributed by atoms with E-state index in [-0.39, 0.29) is 24.0 Å². The van der Waals surface area contributed by atoms with Crippen LogP contribution >= 0.6 is 11.6 Å². The number of carbonyl (C=O) groups is 1. The number of methoxy groups -OCH3 is 1. The molecule has 1 atom stereocenters. The van der Waals surface area contributed by atoms with Gasteiger partial charge in [0.15, 0.2) is 0 Å². The summed E-state index contributed by atoms with van der Waals surface area (Å²) in [5.41, 5.74) is 3.49. The number of imidazole rings is 1. The van der Waals surface area contributed by atoms with Crippen LogP contribution < -0.4 is 10.6 Å². The van der Waals surface area contributed by atoms with Gasteiger partial charge in [0.1, 0.15) is 18.1 Å². The molecule has 0 spiro atoms. The molecule has 0 aromatic carbocycles. The molecule has 0 aliphatic rings. The fourth-order valence-corrected chi connectivity index (χ4v) is 3.75. The van der Waals surface area contributed by atoms with Crippen molar-refractivity contribution in [3.8, 4) is 22.6 Å². The highest BCUT2D eigenvalue weighted by Gasteiger charge is 2.24. The van der Waals surface area contributed by atoms with Gasteiger partial charge < -0.3 is 25.3 Å². The van der Waals surface area contributed by atoms with Gasteiger partial charge in [-0.2, -0.15) is 0 Å². The number of carbonyl (C=O) groups excluding carboxylic acids is 1. The Balaban J connectivity index is 1.65. The van der Waals surface area contributed by atoms with Crippen LogP contribution in [0.2, 0.25) is 5.02 Å². The molecule has 0 saturated carbocycles. The lowest BCUT2D eigenvalue weighted by Crippen LogP contribution is -2.39. The molecule has 0 fully saturated rings. The molecule has 184 valence electrons. The number of H-pyrrole nitrogens is 2. The molecular formula is C24H29ClN8O2. The lowest BCUT2D eigenvalue weighted by molar-refractivity contribution is -0.125. The Labute approximate surface area is 208 Å². The van der Waals surface area contributed by atoms with E-state index in [4.69, 9.17) is 26.3 Å². The van der Waals surface area contributed by atoms with Gasteiger partial charge in [-0.05, 0) is 19.1 Å². The summed E-state index contributed by atoms with van der Waals surface area (Å²) in [5.74, 6) is 1.09. The van der Waals surface area contributed by atoms with E-state index in [1.54, 1.807) is 18.6 Å². The molecular weight excluding hydrogens is 468 g/mol. The van der Waals surface area contributed by atoms with E-state index in [2.05, 4.69) is 51.3 Å². The standard InChI is InChI=1S/C24H29ClN8O2/c1-13(30-18(34)12-35-5)9-29-23-26-7-6-17(31-23)20-19(32-22(33-20)24(2,3)4)14-8-15-16(25)11-28-21(15)27-10-14/h6-8,10-11,13H,9,12H2,1-5H3,(H,27,28)(H,30,34)(H,32,33)(H,26,29,31). The highest BCUT2D eigenvalue weighted by atomic mass is 35.5. The summed E-state index contributed by atoms with van der Waals surface area (Å²) < 4.78 is 4.85. The molecule has 1 unspecified atom stereocenters. The summed E-state index contributed by atoms with van der Waals surface area (Å²) in [4.78, 5) is 36.7. The van der Waals surface area contributed by atoms with Gasteiger partial charge in [-0.25, -0.2) is 19.9 Å². The Kier molecular flexibility index (Phi) is 7.04. The summed E-state index contributed by atoms with van der Waals surface area (Å²) in [5, 5.41) is 7.45. The summed E-state index contributed by atoms with van der Waals surface area (Å²) in [6.07, 6.45) is 5.17. The van der Waals surface area contributed by atoms with Crippen LogP contribution in [0.4, 0.5) is 5.95 Å². The van der Waals surface area contributed by atoms with Crippen molar-refractivity contribution < 1.29 is 9.53 Å². The molecule has 1 amide bonds. The number of hydrogen-bond acceptors (Lipinski definition) is 7. The second kappa shape index (κ2) is 10.0. The van der Waals surface area contributed by atoms with E-state index < -0.39 is 0 Å². The van der Waals surface area contributed by atoms with Crippen molar-refractivity contribution in [1.82, 2.24) is 35.2 Å². The van der Waals surface area contributed by atoms with Crippen molar-refractivity contribution in [2.24, 2.45) is 0 Å². The third-order valence-corrected chi connectivity index (χ3v) is 5.64. The molecule has 4 rings (SSSR count). The number of anilines is 1. The number of halogens is 1. The fourth-order valence-electron chi connectivity index (χ4n) is 3.55. The third kappa shape index (κ3) is 5.60. The molecule has 10 nitrogen and oxygen atoms in total. The van der Waals surface area contributed by atoms with Crippen molar-refractivity contribution in [3.63, 3.8) is 0 Å². The molecule has 0 aliphatic carbocycles. The molecule has 0 saturated heterocycles. The van der Waals surface area contributed by atoms with E-state index >= 15 is 0 Å². The lowest BCUT2D eigenvalue weighted by atomic mass is 9.96. The predicted octanol–water partition coefficient (Wildman–Crippen LogP) is 3.92. The highest BCUT2D eigenvalue weighted by molar-refractivity contribution is 6.35. The van der Waals surface area contributed by atoms with E-state index in [0.717, 1.165) is 28.2 Å². The van der Waals surface area contributed by atoms with Crippen molar-refractivity contribution in [1.29, 1.82) is 0 Å². The SMILES string of the molecule is COCC(=O)NC(C)CNc1nccc(-c2[nH]c(C(C)(C)C)nc2-c2cnc3[nH]cc(Cl)c3c2)n1. The Morgan fingerprint density at radius 3 is 2.80 bits per heavy atom. The maximum absolute atomic E-state index is 11.7. The van der Waals surface area contributed by atoms with Gasteiger partial charge in [0.05, 0.1) is 22.1 Å². The van der Waals surface area contributed by atoms with Crippen LogP contribution in [-0.4, -0.2) is 62.1 Å². The van der Waals surface area contributed by atoms with Gasteiger partial charge >= 0.3 is 0 Å². The average Bonchev–Trinajstić information content (AvgIpc) is 3.42. The topological polar surface area (TPSA) is 134 Å². The fraction of sp³-hybridized carbons (Fsp3) is 0.375. The Morgan fingerprint density at radius 2 is 2.06 bits per heavy atom. The van der Waals surface area contributed by atoms with Crippen LogP contribution in [0.1, 0.15) is 33.5 Å². The number of ether oxygens (including phenoxy) is 1. The second-order valence-electron chi connectivity index (χ2n) is 9.36. The smallest absolute Gasteiger partial charge is 0.246 e. The number of rotatable bonds is 8. The number of fused-ring (bicyclic) bond motifs is 1. The van der Waals surface area contributed by atoms with E-state index in [1.807, 2.05) is 19.1 Å². The van der Waals surface area contributed by atoms with Gasteiger partial charge in [0.25, 0.3) is 0 Å². The van der Waals surface area contributed by atoms with Crippen molar-refractivity contribution in [3.05, 3.63) is 41.6 Å². The summed E-state index contributed by atoms with van der Waals surface area (Å²) in [6, 6.07) is 3.66. The van der Waals surface area contributed by atoms with Crippen LogP contribution in [0.15, 0.2) is 30.7 Å². The molecule has 0 bridgehead atoms. The molecule has 4 aromatic rings. The molecule has 11 heteroatoms. The maximum atomic E-state index is 11.7. The molecule has 0 aliphatic heterocycles. The Hall–Kier alpha value is -3.50.